The minimum absolute atomic E-state index is 0.0765. The lowest BCUT2D eigenvalue weighted by Crippen LogP contribution is -2.66. The van der Waals surface area contributed by atoms with Crippen LogP contribution in [0, 0.1) is 5.92 Å². The summed E-state index contributed by atoms with van der Waals surface area (Å²) in [5.74, 6) is -0.0711. The number of ether oxygens (including phenoxy) is 2. The van der Waals surface area contributed by atoms with Crippen LogP contribution in [0.25, 0.3) is 0 Å². The summed E-state index contributed by atoms with van der Waals surface area (Å²) >= 11 is 1.58. The first-order valence-corrected chi connectivity index (χ1v) is 12.9. The van der Waals surface area contributed by atoms with E-state index in [1.54, 1.807) is 16.7 Å². The Morgan fingerprint density at radius 2 is 2.24 bits per heavy atom. The summed E-state index contributed by atoms with van der Waals surface area (Å²) in [6, 6.07) is -0.173. The summed E-state index contributed by atoms with van der Waals surface area (Å²) in [6.45, 7) is 12.6. The Morgan fingerprint density at radius 1 is 1.52 bits per heavy atom. The Labute approximate surface area is 153 Å². The molecule has 0 aromatic rings. The molecule has 3 heterocycles. The second-order valence-corrected chi connectivity index (χ2v) is 13.0. The van der Waals surface area contributed by atoms with Gasteiger partial charge in [-0.3, -0.25) is 9.69 Å². The van der Waals surface area contributed by atoms with Gasteiger partial charge in [0.05, 0.1) is 24.7 Å². The lowest BCUT2D eigenvalue weighted by Gasteiger charge is -2.48. The van der Waals surface area contributed by atoms with E-state index < -0.39 is 14.3 Å². The fourth-order valence-corrected chi connectivity index (χ4v) is 6.04. The zero-order chi connectivity index (χ0) is 18.4. The van der Waals surface area contributed by atoms with Gasteiger partial charge < -0.3 is 13.9 Å². The Bertz CT molecular complexity index is 629. The number of fused-ring (bicyclic) bond motifs is 3. The standard InChI is InChI=1S/C17H25NO5SSi/c1-6-7-22-17(20)13-15-14(21-8-9-24-15)12-11(16(19)18(12)13)10(2)23-25(3,4)5/h6,10-12,14H,1,7-9H2,2-5H3/t10-,11-,12+,14+/m1/s1. The highest BCUT2D eigenvalue weighted by Crippen LogP contribution is 2.50. The predicted molar refractivity (Wildman–Crippen MR) is 98.4 cm³/mol. The molecular weight excluding hydrogens is 358 g/mol. The zero-order valence-corrected chi connectivity index (χ0v) is 16.9. The third-order valence-corrected chi connectivity index (χ3v) is 6.63. The molecule has 6 nitrogen and oxygen atoms in total. The van der Waals surface area contributed by atoms with Gasteiger partial charge in [0, 0.05) is 10.7 Å². The van der Waals surface area contributed by atoms with E-state index in [2.05, 4.69) is 26.2 Å². The molecule has 0 radical (unpaired) electrons. The number of carbonyl (C=O) groups is 2. The molecule has 3 aliphatic heterocycles. The van der Waals surface area contributed by atoms with Crippen LogP contribution in [0.5, 0.6) is 0 Å². The van der Waals surface area contributed by atoms with E-state index in [9.17, 15) is 9.59 Å². The Hall–Kier alpha value is -1.09. The molecule has 25 heavy (non-hydrogen) atoms. The van der Waals surface area contributed by atoms with Crippen LogP contribution in [0.4, 0.5) is 0 Å². The quantitative estimate of drug-likeness (QED) is 0.303. The molecule has 4 atom stereocenters. The topological polar surface area (TPSA) is 65.1 Å². The number of esters is 1. The minimum Gasteiger partial charge on any atom is -0.457 e. The SMILES string of the molecule is C=CCOC(=O)C1=C2SCCO[C@H]2[C@@H]2[C@@H]([C@@H](C)O[Si](C)(C)C)C(=O)N12. The fraction of sp³-hybridized carbons (Fsp3) is 0.647. The van der Waals surface area contributed by atoms with Gasteiger partial charge in [0.1, 0.15) is 18.4 Å². The summed E-state index contributed by atoms with van der Waals surface area (Å²) in [5, 5.41) is 0. The van der Waals surface area contributed by atoms with E-state index in [0.717, 1.165) is 10.7 Å². The third kappa shape index (κ3) is 3.32. The van der Waals surface area contributed by atoms with Gasteiger partial charge in [-0.15, -0.1) is 11.8 Å². The molecule has 0 N–H and O–H groups in total. The molecule has 0 aromatic heterocycles. The van der Waals surface area contributed by atoms with Crippen molar-refractivity contribution < 1.29 is 23.5 Å². The number of hydrogen-bond acceptors (Lipinski definition) is 6. The monoisotopic (exact) mass is 383 g/mol. The predicted octanol–water partition coefficient (Wildman–Crippen LogP) is 2.14. The van der Waals surface area contributed by atoms with Gasteiger partial charge in [0.25, 0.3) is 0 Å². The molecule has 1 amide bonds. The molecule has 3 aliphatic rings. The van der Waals surface area contributed by atoms with Crippen molar-refractivity contribution in [2.75, 3.05) is 19.0 Å². The molecule has 0 aliphatic carbocycles. The van der Waals surface area contributed by atoms with Gasteiger partial charge in [0.2, 0.25) is 5.91 Å². The first-order chi connectivity index (χ1) is 11.8. The molecular formula is C17H25NO5SSi. The van der Waals surface area contributed by atoms with E-state index in [-0.39, 0.29) is 36.7 Å². The van der Waals surface area contributed by atoms with Crippen molar-refractivity contribution in [1.29, 1.82) is 0 Å². The molecule has 2 saturated heterocycles. The summed E-state index contributed by atoms with van der Waals surface area (Å²) in [5.41, 5.74) is 0.350. The third-order valence-electron chi connectivity index (χ3n) is 4.44. The van der Waals surface area contributed by atoms with Crippen molar-refractivity contribution in [2.24, 2.45) is 5.92 Å². The van der Waals surface area contributed by atoms with Gasteiger partial charge in [-0.25, -0.2) is 4.79 Å². The van der Waals surface area contributed by atoms with Gasteiger partial charge >= 0.3 is 5.97 Å². The Kier molecular flexibility index (Phi) is 5.16. The molecule has 0 bridgehead atoms. The average molecular weight is 384 g/mol. The van der Waals surface area contributed by atoms with Crippen molar-refractivity contribution in [1.82, 2.24) is 4.90 Å². The summed E-state index contributed by atoms with van der Waals surface area (Å²) in [4.78, 5) is 27.7. The molecule has 0 spiro atoms. The van der Waals surface area contributed by atoms with Crippen molar-refractivity contribution >= 4 is 32.0 Å². The van der Waals surface area contributed by atoms with Gasteiger partial charge in [0.15, 0.2) is 8.32 Å². The Balaban J connectivity index is 1.85. The fourth-order valence-electron chi connectivity index (χ4n) is 3.69. The smallest absolute Gasteiger partial charge is 0.356 e. The van der Waals surface area contributed by atoms with E-state index in [1.165, 1.54) is 6.08 Å². The second-order valence-electron chi connectivity index (χ2n) is 7.40. The van der Waals surface area contributed by atoms with Crippen LogP contribution in [-0.4, -0.2) is 62.3 Å². The van der Waals surface area contributed by atoms with E-state index in [1.807, 2.05) is 6.92 Å². The van der Waals surface area contributed by atoms with Crippen molar-refractivity contribution in [2.45, 2.75) is 44.8 Å². The highest BCUT2D eigenvalue weighted by molar-refractivity contribution is 8.03. The van der Waals surface area contributed by atoms with Crippen LogP contribution >= 0.6 is 11.8 Å². The van der Waals surface area contributed by atoms with Crippen molar-refractivity contribution in [3.63, 3.8) is 0 Å². The minimum atomic E-state index is -1.77. The first kappa shape index (κ1) is 18.7. The van der Waals surface area contributed by atoms with E-state index in [0.29, 0.717) is 12.3 Å². The lowest BCUT2D eigenvalue weighted by molar-refractivity contribution is -0.167. The van der Waals surface area contributed by atoms with Crippen molar-refractivity contribution in [3.8, 4) is 0 Å². The number of nitrogens with zero attached hydrogens (tertiary/aromatic N) is 1. The van der Waals surface area contributed by atoms with Crippen LogP contribution < -0.4 is 0 Å². The second kappa shape index (κ2) is 6.90. The number of carbonyl (C=O) groups excluding carboxylic acids is 2. The molecule has 138 valence electrons. The Morgan fingerprint density at radius 3 is 2.88 bits per heavy atom. The summed E-state index contributed by atoms with van der Waals surface area (Å²) in [6.07, 6.45) is 1.07. The van der Waals surface area contributed by atoms with Gasteiger partial charge in [-0.2, -0.15) is 0 Å². The normalized spacial score (nSPS) is 29.7. The molecule has 8 heteroatoms. The molecule has 0 unspecified atom stereocenters. The zero-order valence-electron chi connectivity index (χ0n) is 15.1. The number of hydrogen-bond donors (Lipinski definition) is 0. The van der Waals surface area contributed by atoms with Crippen LogP contribution in [0.3, 0.4) is 0 Å². The molecule has 0 saturated carbocycles. The lowest BCUT2D eigenvalue weighted by atomic mass is 9.82. The summed E-state index contributed by atoms with van der Waals surface area (Å²) in [7, 11) is -1.77. The number of thioether (sulfide) groups is 1. The highest BCUT2D eigenvalue weighted by atomic mass is 32.2. The highest BCUT2D eigenvalue weighted by Gasteiger charge is 2.63. The van der Waals surface area contributed by atoms with Crippen LogP contribution in [-0.2, 0) is 23.5 Å². The maximum atomic E-state index is 12.8. The van der Waals surface area contributed by atoms with Crippen molar-refractivity contribution in [3.05, 3.63) is 23.3 Å². The summed E-state index contributed by atoms with van der Waals surface area (Å²) < 4.78 is 17.3. The molecule has 3 rings (SSSR count). The largest absolute Gasteiger partial charge is 0.457 e. The number of β-lactam (4-membered cyclic amide) rings is 1. The molecule has 0 aromatic carbocycles. The van der Waals surface area contributed by atoms with E-state index in [4.69, 9.17) is 13.9 Å². The first-order valence-electron chi connectivity index (χ1n) is 8.53. The van der Waals surface area contributed by atoms with Crippen LogP contribution in [0.15, 0.2) is 23.3 Å². The number of amides is 1. The van der Waals surface area contributed by atoms with Crippen LogP contribution in [0.2, 0.25) is 19.6 Å². The average Bonchev–Trinajstić information content (AvgIpc) is 2.82. The van der Waals surface area contributed by atoms with Gasteiger partial charge in [-0.1, -0.05) is 12.7 Å². The number of rotatable bonds is 6. The maximum Gasteiger partial charge on any atom is 0.356 e. The maximum absolute atomic E-state index is 12.8. The van der Waals surface area contributed by atoms with Gasteiger partial charge in [-0.05, 0) is 26.6 Å². The van der Waals surface area contributed by atoms with E-state index >= 15 is 0 Å². The molecule has 2 fully saturated rings. The van der Waals surface area contributed by atoms with Crippen LogP contribution in [0.1, 0.15) is 6.92 Å².